The molecule has 2 amide bonds. The fourth-order valence-electron chi connectivity index (χ4n) is 6.32. The van der Waals surface area contributed by atoms with Gasteiger partial charge in [-0.05, 0) is 99.5 Å². The zero-order chi connectivity index (χ0) is 26.8. The van der Waals surface area contributed by atoms with Gasteiger partial charge in [-0.3, -0.25) is 4.79 Å². The maximum atomic E-state index is 13.4. The van der Waals surface area contributed by atoms with Gasteiger partial charge in [-0.1, -0.05) is 12.1 Å². The molecular formula is C29H33ClN4O3S. The number of benzene rings is 1. The van der Waals surface area contributed by atoms with E-state index in [1.807, 2.05) is 55.1 Å². The minimum absolute atomic E-state index is 0.0292. The third-order valence-electron chi connectivity index (χ3n) is 8.24. The van der Waals surface area contributed by atoms with Gasteiger partial charge in [0.05, 0.1) is 5.69 Å². The number of halogens is 1. The van der Waals surface area contributed by atoms with Crippen molar-refractivity contribution in [3.05, 3.63) is 57.8 Å². The second kappa shape index (κ2) is 9.49. The molecule has 1 aromatic carbocycles. The van der Waals surface area contributed by atoms with Crippen LogP contribution in [0.2, 0.25) is 5.28 Å². The number of piperidine rings is 1. The molecule has 4 heterocycles. The molecule has 3 aliphatic rings. The van der Waals surface area contributed by atoms with Crippen LogP contribution in [0.4, 0.5) is 4.79 Å². The average molecular weight is 553 g/mol. The van der Waals surface area contributed by atoms with Crippen LogP contribution in [0.25, 0.3) is 10.2 Å². The molecule has 1 saturated carbocycles. The Kier molecular flexibility index (Phi) is 6.38. The van der Waals surface area contributed by atoms with E-state index < -0.39 is 5.60 Å². The van der Waals surface area contributed by atoms with Crippen molar-refractivity contribution in [3.8, 4) is 0 Å². The molecule has 0 spiro atoms. The number of ether oxygens (including phenoxy) is 1. The first-order valence-corrected chi connectivity index (χ1v) is 14.6. The standard InChI is InChI=1S/C29H33ClN4O3S/c1-29(2,3)37-28(36)34-18-9-10-19(34)14-20(13-18)33(4)26(35)17-7-5-16(6-8-17)22-15-23(22)24-21-11-12-38-25(21)32-27(30)31-24/h5-8,11-12,18-20,22-23H,9-10,13-15H2,1-4H3/t18-,19+,20?,22?,23?. The topological polar surface area (TPSA) is 75.6 Å². The summed E-state index contributed by atoms with van der Waals surface area (Å²) in [7, 11) is 1.89. The van der Waals surface area contributed by atoms with E-state index in [0.717, 1.165) is 48.0 Å². The van der Waals surface area contributed by atoms with Gasteiger partial charge in [0.1, 0.15) is 10.4 Å². The van der Waals surface area contributed by atoms with Crippen LogP contribution in [0.15, 0.2) is 35.7 Å². The Morgan fingerprint density at radius 3 is 2.37 bits per heavy atom. The molecule has 3 fully saturated rings. The molecule has 2 aromatic heterocycles. The summed E-state index contributed by atoms with van der Waals surface area (Å²) < 4.78 is 5.66. The lowest BCUT2D eigenvalue weighted by Gasteiger charge is -2.42. The molecule has 3 unspecified atom stereocenters. The van der Waals surface area contributed by atoms with E-state index in [4.69, 9.17) is 16.3 Å². The van der Waals surface area contributed by atoms with E-state index in [9.17, 15) is 9.59 Å². The smallest absolute Gasteiger partial charge is 0.410 e. The largest absolute Gasteiger partial charge is 0.444 e. The van der Waals surface area contributed by atoms with E-state index in [-0.39, 0.29) is 30.1 Å². The quantitative estimate of drug-likeness (QED) is 0.340. The van der Waals surface area contributed by atoms with Crippen LogP contribution >= 0.6 is 22.9 Å². The molecule has 0 radical (unpaired) electrons. The van der Waals surface area contributed by atoms with Gasteiger partial charge in [0.15, 0.2) is 0 Å². The lowest BCUT2D eigenvalue weighted by Crippen LogP contribution is -2.53. The number of nitrogens with zero attached hydrogens (tertiary/aromatic N) is 4. The van der Waals surface area contributed by atoms with E-state index in [1.165, 1.54) is 5.56 Å². The Morgan fingerprint density at radius 2 is 1.71 bits per heavy atom. The van der Waals surface area contributed by atoms with Crippen LogP contribution in [0.3, 0.4) is 0 Å². The first-order valence-electron chi connectivity index (χ1n) is 13.4. The third kappa shape index (κ3) is 4.77. The molecule has 200 valence electrons. The van der Waals surface area contributed by atoms with Crippen LogP contribution in [-0.2, 0) is 4.74 Å². The first kappa shape index (κ1) is 25.6. The van der Waals surface area contributed by atoms with Crippen LogP contribution in [0.5, 0.6) is 0 Å². The van der Waals surface area contributed by atoms with Gasteiger partial charge in [0.2, 0.25) is 5.28 Å². The van der Waals surface area contributed by atoms with Crippen molar-refractivity contribution in [3.63, 3.8) is 0 Å². The van der Waals surface area contributed by atoms with Crippen LogP contribution in [0.1, 0.15) is 86.3 Å². The maximum absolute atomic E-state index is 13.4. The van der Waals surface area contributed by atoms with Crippen molar-refractivity contribution in [2.24, 2.45) is 0 Å². The molecule has 5 atom stereocenters. The number of thiophene rings is 1. The highest BCUT2D eigenvalue weighted by Crippen LogP contribution is 2.55. The van der Waals surface area contributed by atoms with Gasteiger partial charge >= 0.3 is 6.09 Å². The molecule has 0 N–H and O–H groups in total. The van der Waals surface area contributed by atoms with Gasteiger partial charge in [-0.15, -0.1) is 11.3 Å². The highest BCUT2D eigenvalue weighted by atomic mass is 35.5. The number of aromatic nitrogens is 2. The van der Waals surface area contributed by atoms with Crippen LogP contribution in [0, 0.1) is 0 Å². The van der Waals surface area contributed by atoms with Crippen LogP contribution in [-0.4, -0.2) is 62.5 Å². The Morgan fingerprint density at radius 1 is 1.03 bits per heavy atom. The van der Waals surface area contributed by atoms with Crippen molar-refractivity contribution in [1.29, 1.82) is 0 Å². The highest BCUT2D eigenvalue weighted by Gasteiger charge is 2.46. The minimum atomic E-state index is -0.509. The summed E-state index contributed by atoms with van der Waals surface area (Å²) in [6.07, 6.45) is 4.31. The lowest BCUT2D eigenvalue weighted by atomic mass is 9.95. The molecule has 38 heavy (non-hydrogen) atoms. The van der Waals surface area contributed by atoms with E-state index in [2.05, 4.69) is 28.2 Å². The molecule has 1 aliphatic carbocycles. The molecule has 6 rings (SSSR count). The predicted molar refractivity (Wildman–Crippen MR) is 149 cm³/mol. The van der Waals surface area contributed by atoms with Crippen LogP contribution < -0.4 is 0 Å². The highest BCUT2D eigenvalue weighted by molar-refractivity contribution is 7.16. The average Bonchev–Trinajstić information content (AvgIpc) is 3.44. The van der Waals surface area contributed by atoms with Crippen molar-refractivity contribution < 1.29 is 14.3 Å². The number of hydrogen-bond acceptors (Lipinski definition) is 6. The van der Waals surface area contributed by atoms with Crippen molar-refractivity contribution in [1.82, 2.24) is 19.8 Å². The molecule has 2 aliphatic heterocycles. The number of amides is 2. The van der Waals surface area contributed by atoms with E-state index in [0.29, 0.717) is 22.7 Å². The van der Waals surface area contributed by atoms with Gasteiger partial charge in [0.25, 0.3) is 5.91 Å². The normalized spacial score (nSPS) is 26.4. The molecule has 7 nitrogen and oxygen atoms in total. The summed E-state index contributed by atoms with van der Waals surface area (Å²) in [5, 5.41) is 3.42. The van der Waals surface area contributed by atoms with Gasteiger partial charge in [0, 0.05) is 42.0 Å². The van der Waals surface area contributed by atoms with Crippen molar-refractivity contribution >= 4 is 45.2 Å². The van der Waals surface area contributed by atoms with Gasteiger partial charge in [-0.2, -0.15) is 0 Å². The summed E-state index contributed by atoms with van der Waals surface area (Å²) in [5.74, 6) is 0.725. The summed E-state index contributed by atoms with van der Waals surface area (Å²) in [5.41, 5.74) is 2.43. The Hall–Kier alpha value is -2.71. The Labute approximate surface area is 232 Å². The fraction of sp³-hybridized carbons (Fsp3) is 0.517. The summed E-state index contributed by atoms with van der Waals surface area (Å²) in [6.45, 7) is 5.69. The monoisotopic (exact) mass is 552 g/mol. The summed E-state index contributed by atoms with van der Waals surface area (Å²) >= 11 is 7.76. The van der Waals surface area contributed by atoms with Gasteiger partial charge in [-0.25, -0.2) is 14.8 Å². The molecule has 9 heteroatoms. The number of hydrogen-bond donors (Lipinski definition) is 0. The predicted octanol–water partition coefficient (Wildman–Crippen LogP) is 6.62. The number of carbonyl (C=O) groups is 2. The number of fused-ring (bicyclic) bond motifs is 3. The zero-order valence-electron chi connectivity index (χ0n) is 22.2. The van der Waals surface area contributed by atoms with E-state index >= 15 is 0 Å². The number of rotatable bonds is 4. The Bertz CT molecular complexity index is 1370. The van der Waals surface area contributed by atoms with E-state index in [1.54, 1.807) is 11.3 Å². The summed E-state index contributed by atoms with van der Waals surface area (Å²) in [4.78, 5) is 39.8. The molecule has 2 bridgehead atoms. The van der Waals surface area contributed by atoms with Crippen molar-refractivity contribution in [2.75, 3.05) is 7.05 Å². The first-order chi connectivity index (χ1) is 18.1. The maximum Gasteiger partial charge on any atom is 0.410 e. The molecule has 3 aromatic rings. The molecule has 2 saturated heterocycles. The Balaban J connectivity index is 1.10. The second-order valence-electron chi connectivity index (χ2n) is 11.9. The zero-order valence-corrected chi connectivity index (χ0v) is 23.8. The SMILES string of the molecule is CN(C(=O)c1ccc(C2CC2c2nc(Cl)nc3sccc23)cc1)C1C[C@H]2CC[C@@H](C1)N2C(=O)OC(C)(C)C. The fourth-order valence-corrected chi connectivity index (χ4v) is 7.32. The summed E-state index contributed by atoms with van der Waals surface area (Å²) in [6, 6.07) is 10.5. The van der Waals surface area contributed by atoms with Crippen molar-refractivity contribution in [2.45, 2.75) is 88.4 Å². The van der Waals surface area contributed by atoms with Gasteiger partial charge < -0.3 is 14.5 Å². The molecular weight excluding hydrogens is 520 g/mol. The third-order valence-corrected chi connectivity index (χ3v) is 9.21. The number of carbonyl (C=O) groups excluding carboxylic acids is 2. The minimum Gasteiger partial charge on any atom is -0.444 e. The second-order valence-corrected chi connectivity index (χ2v) is 13.1. The lowest BCUT2D eigenvalue weighted by molar-refractivity contribution is -0.00111.